The summed E-state index contributed by atoms with van der Waals surface area (Å²) < 4.78 is 5.16. The molecule has 0 saturated heterocycles. The van der Waals surface area contributed by atoms with Crippen molar-refractivity contribution in [3.8, 4) is 11.5 Å². The van der Waals surface area contributed by atoms with Crippen molar-refractivity contribution in [2.24, 2.45) is 5.73 Å². The van der Waals surface area contributed by atoms with Crippen LogP contribution in [0.2, 0.25) is 0 Å². The van der Waals surface area contributed by atoms with Gasteiger partial charge in [0, 0.05) is 6.04 Å². The molecule has 0 spiro atoms. The fourth-order valence-electron chi connectivity index (χ4n) is 2.28. The molecule has 0 radical (unpaired) electrons. The molecule has 0 aliphatic heterocycles. The molecule has 0 amide bonds. The van der Waals surface area contributed by atoms with Crippen LogP contribution in [0, 0.1) is 0 Å². The first-order chi connectivity index (χ1) is 8.67. The second-order valence-electron chi connectivity index (χ2n) is 4.25. The minimum Gasteiger partial charge on any atom is -0.504 e. The molecule has 102 valence electrons. The smallest absolute Gasteiger partial charge is 0.160 e. The van der Waals surface area contributed by atoms with Crippen LogP contribution in [0.25, 0.3) is 0 Å². The molecule has 0 aromatic heterocycles. The van der Waals surface area contributed by atoms with E-state index < -0.39 is 0 Å². The number of aromatic hydroxyl groups is 1. The Bertz CT molecular complexity index is 365. The molecule has 1 aromatic carbocycles. The molecule has 4 nitrogen and oxygen atoms in total. The number of hydrogen-bond donors (Lipinski definition) is 2. The maximum Gasteiger partial charge on any atom is 0.160 e. The van der Waals surface area contributed by atoms with Crippen LogP contribution in [-0.4, -0.2) is 36.8 Å². The monoisotopic (exact) mass is 252 g/mol. The third-order valence-electron chi connectivity index (χ3n) is 3.28. The largest absolute Gasteiger partial charge is 0.504 e. The molecule has 4 heteroatoms. The van der Waals surface area contributed by atoms with Gasteiger partial charge in [0.25, 0.3) is 0 Å². The Morgan fingerprint density at radius 1 is 1.33 bits per heavy atom. The first-order valence-corrected chi connectivity index (χ1v) is 6.48. The van der Waals surface area contributed by atoms with Crippen molar-refractivity contribution in [3.05, 3.63) is 23.8 Å². The molecule has 1 aromatic rings. The summed E-state index contributed by atoms with van der Waals surface area (Å²) in [6.07, 6.45) is 0.898. The standard InChI is InChI=1S/C14H24N2O2/c1-4-16(5-2)12(8-9-15)11-6-7-13(17)14(10-11)18-3/h6-7,10,12,17H,4-5,8-9,15H2,1-3H3. The average molecular weight is 252 g/mol. The second kappa shape index (κ2) is 7.24. The Morgan fingerprint density at radius 2 is 2.00 bits per heavy atom. The van der Waals surface area contributed by atoms with Gasteiger partial charge >= 0.3 is 0 Å². The normalized spacial score (nSPS) is 12.7. The van der Waals surface area contributed by atoms with E-state index in [1.807, 2.05) is 12.1 Å². The van der Waals surface area contributed by atoms with Crippen LogP contribution >= 0.6 is 0 Å². The van der Waals surface area contributed by atoms with E-state index in [4.69, 9.17) is 10.5 Å². The van der Waals surface area contributed by atoms with Crippen molar-refractivity contribution in [3.63, 3.8) is 0 Å². The lowest BCUT2D eigenvalue weighted by Gasteiger charge is -2.30. The molecular formula is C14H24N2O2. The van der Waals surface area contributed by atoms with Gasteiger partial charge in [-0.25, -0.2) is 0 Å². The highest BCUT2D eigenvalue weighted by molar-refractivity contribution is 5.42. The van der Waals surface area contributed by atoms with E-state index in [-0.39, 0.29) is 11.8 Å². The predicted molar refractivity (Wildman–Crippen MR) is 74.0 cm³/mol. The Kier molecular flexibility index (Phi) is 5.95. The zero-order valence-electron chi connectivity index (χ0n) is 11.5. The summed E-state index contributed by atoms with van der Waals surface area (Å²) in [7, 11) is 1.56. The summed E-state index contributed by atoms with van der Waals surface area (Å²) in [5.74, 6) is 0.689. The minimum absolute atomic E-state index is 0.173. The molecule has 1 atom stereocenters. The van der Waals surface area contributed by atoms with Gasteiger partial charge in [0.2, 0.25) is 0 Å². The lowest BCUT2D eigenvalue weighted by atomic mass is 10.0. The number of nitrogens with zero attached hydrogens (tertiary/aromatic N) is 1. The van der Waals surface area contributed by atoms with Crippen LogP contribution in [0.3, 0.4) is 0 Å². The van der Waals surface area contributed by atoms with Crippen LogP contribution in [0.5, 0.6) is 11.5 Å². The summed E-state index contributed by atoms with van der Waals surface area (Å²) >= 11 is 0. The van der Waals surface area contributed by atoms with Gasteiger partial charge in [-0.05, 0) is 43.8 Å². The zero-order chi connectivity index (χ0) is 13.5. The van der Waals surface area contributed by atoms with E-state index in [1.54, 1.807) is 13.2 Å². The lowest BCUT2D eigenvalue weighted by molar-refractivity contribution is 0.209. The maximum absolute atomic E-state index is 9.64. The molecule has 1 unspecified atom stereocenters. The summed E-state index contributed by atoms with van der Waals surface area (Å²) in [5, 5.41) is 9.64. The number of methoxy groups -OCH3 is 1. The molecule has 0 aliphatic carbocycles. The number of phenols is 1. The van der Waals surface area contributed by atoms with Crippen LogP contribution in [-0.2, 0) is 0 Å². The van der Waals surface area contributed by atoms with Gasteiger partial charge in [-0.3, -0.25) is 4.90 Å². The molecule has 0 fully saturated rings. The fraction of sp³-hybridized carbons (Fsp3) is 0.571. The Labute approximate surface area is 109 Å². The van der Waals surface area contributed by atoms with Crippen molar-refractivity contribution in [1.29, 1.82) is 0 Å². The third-order valence-corrected chi connectivity index (χ3v) is 3.28. The van der Waals surface area contributed by atoms with Crippen LogP contribution in [0.1, 0.15) is 31.9 Å². The highest BCUT2D eigenvalue weighted by Crippen LogP contribution is 2.32. The molecule has 0 bridgehead atoms. The minimum atomic E-state index is 0.173. The van der Waals surface area contributed by atoms with E-state index >= 15 is 0 Å². The van der Waals surface area contributed by atoms with Crippen LogP contribution < -0.4 is 10.5 Å². The molecular weight excluding hydrogens is 228 g/mol. The fourth-order valence-corrected chi connectivity index (χ4v) is 2.28. The number of hydrogen-bond acceptors (Lipinski definition) is 4. The number of phenolic OH excluding ortho intramolecular Hbond substituents is 1. The van der Waals surface area contributed by atoms with Crippen molar-refractivity contribution < 1.29 is 9.84 Å². The van der Waals surface area contributed by atoms with Crippen LogP contribution in [0.15, 0.2) is 18.2 Å². The number of rotatable bonds is 7. The van der Waals surface area contributed by atoms with Crippen molar-refractivity contribution in [1.82, 2.24) is 4.90 Å². The van der Waals surface area contributed by atoms with Gasteiger partial charge in [0.05, 0.1) is 7.11 Å². The predicted octanol–water partition coefficient (Wildman–Crippen LogP) is 2.13. The number of ether oxygens (including phenoxy) is 1. The maximum atomic E-state index is 9.64. The Balaban J connectivity index is 3.04. The first-order valence-electron chi connectivity index (χ1n) is 6.48. The van der Waals surface area contributed by atoms with E-state index in [0.717, 1.165) is 25.1 Å². The third kappa shape index (κ3) is 3.37. The summed E-state index contributed by atoms with van der Waals surface area (Å²) in [5.41, 5.74) is 6.84. The van der Waals surface area contributed by atoms with Gasteiger partial charge in [-0.15, -0.1) is 0 Å². The van der Waals surface area contributed by atoms with Gasteiger partial charge in [-0.1, -0.05) is 19.9 Å². The molecule has 0 heterocycles. The number of benzene rings is 1. The van der Waals surface area contributed by atoms with Gasteiger partial charge in [0.15, 0.2) is 11.5 Å². The first kappa shape index (κ1) is 14.8. The van der Waals surface area contributed by atoms with Crippen molar-refractivity contribution >= 4 is 0 Å². The van der Waals surface area contributed by atoms with E-state index in [1.165, 1.54) is 0 Å². The van der Waals surface area contributed by atoms with Gasteiger partial charge in [0.1, 0.15) is 0 Å². The lowest BCUT2D eigenvalue weighted by Crippen LogP contribution is -2.30. The quantitative estimate of drug-likeness (QED) is 0.780. The Morgan fingerprint density at radius 3 is 2.50 bits per heavy atom. The van der Waals surface area contributed by atoms with Gasteiger partial charge < -0.3 is 15.6 Å². The van der Waals surface area contributed by atoms with Gasteiger partial charge in [-0.2, -0.15) is 0 Å². The highest BCUT2D eigenvalue weighted by atomic mass is 16.5. The molecule has 1 rings (SSSR count). The average Bonchev–Trinajstić information content (AvgIpc) is 2.40. The molecule has 3 N–H and O–H groups in total. The zero-order valence-corrected chi connectivity index (χ0v) is 11.5. The van der Waals surface area contributed by atoms with Crippen LogP contribution in [0.4, 0.5) is 0 Å². The number of nitrogens with two attached hydrogens (primary N) is 1. The molecule has 18 heavy (non-hydrogen) atoms. The summed E-state index contributed by atoms with van der Waals surface area (Å²) in [6, 6.07) is 5.80. The van der Waals surface area contributed by atoms with E-state index in [9.17, 15) is 5.11 Å². The molecule has 0 aliphatic rings. The van der Waals surface area contributed by atoms with E-state index in [2.05, 4.69) is 18.7 Å². The highest BCUT2D eigenvalue weighted by Gasteiger charge is 2.18. The summed E-state index contributed by atoms with van der Waals surface area (Å²) in [6.45, 7) is 6.88. The molecule has 0 saturated carbocycles. The topological polar surface area (TPSA) is 58.7 Å². The van der Waals surface area contributed by atoms with Crippen molar-refractivity contribution in [2.45, 2.75) is 26.3 Å². The SMILES string of the molecule is CCN(CC)C(CCN)c1ccc(O)c(OC)c1. The van der Waals surface area contributed by atoms with Crippen molar-refractivity contribution in [2.75, 3.05) is 26.7 Å². The second-order valence-corrected chi connectivity index (χ2v) is 4.25. The summed E-state index contributed by atoms with van der Waals surface area (Å²) in [4.78, 5) is 2.36. The van der Waals surface area contributed by atoms with E-state index in [0.29, 0.717) is 12.3 Å². The Hall–Kier alpha value is -1.26.